The number of ether oxygens (including phenoxy) is 1. The lowest BCUT2D eigenvalue weighted by molar-refractivity contribution is 0.0258. The van der Waals surface area contributed by atoms with Crippen LogP contribution in [0.15, 0.2) is 65.6 Å². The van der Waals surface area contributed by atoms with Gasteiger partial charge in [-0.3, -0.25) is 4.98 Å². The van der Waals surface area contributed by atoms with E-state index < -0.39 is 12.1 Å². The van der Waals surface area contributed by atoms with E-state index >= 15 is 0 Å². The highest BCUT2D eigenvalue weighted by Crippen LogP contribution is 2.20. The van der Waals surface area contributed by atoms with E-state index in [1.165, 1.54) is 6.20 Å². The Labute approximate surface area is 160 Å². The molecule has 3 aromatic heterocycles. The van der Waals surface area contributed by atoms with Gasteiger partial charge in [-0.1, -0.05) is 40.7 Å². The highest BCUT2D eigenvalue weighted by atomic mass is 16.6. The largest absolute Gasteiger partial charge is 0.448 e. The summed E-state index contributed by atoms with van der Waals surface area (Å²) in [7, 11) is 0. The molecule has 0 aliphatic heterocycles. The van der Waals surface area contributed by atoms with E-state index in [1.807, 2.05) is 36.4 Å². The molecule has 0 radical (unpaired) electrons. The normalized spacial score (nSPS) is 11.9. The SMILES string of the molecule is CC(OC(=O)c1cn(Cc2ccccc2)nn1)c1nc(-c2cccnc2)no1. The van der Waals surface area contributed by atoms with Crippen LogP contribution in [0, 0.1) is 0 Å². The lowest BCUT2D eigenvalue weighted by Gasteiger charge is -2.06. The van der Waals surface area contributed by atoms with Gasteiger partial charge in [0.1, 0.15) is 0 Å². The van der Waals surface area contributed by atoms with Crippen LogP contribution in [0.3, 0.4) is 0 Å². The highest BCUT2D eigenvalue weighted by molar-refractivity contribution is 5.86. The summed E-state index contributed by atoms with van der Waals surface area (Å²) in [6, 6.07) is 13.3. The first kappa shape index (κ1) is 17.5. The molecule has 9 nitrogen and oxygen atoms in total. The highest BCUT2D eigenvalue weighted by Gasteiger charge is 2.22. The number of hydrogen-bond acceptors (Lipinski definition) is 8. The molecule has 0 saturated carbocycles. The molecule has 0 aliphatic rings. The summed E-state index contributed by atoms with van der Waals surface area (Å²) in [6.07, 6.45) is 4.08. The second kappa shape index (κ2) is 7.78. The second-order valence-electron chi connectivity index (χ2n) is 6.03. The summed E-state index contributed by atoms with van der Waals surface area (Å²) in [4.78, 5) is 20.6. The van der Waals surface area contributed by atoms with Gasteiger partial charge in [0, 0.05) is 18.0 Å². The molecular formula is C19H16N6O3. The van der Waals surface area contributed by atoms with Crippen molar-refractivity contribution in [2.75, 3.05) is 0 Å². The molecule has 0 amide bonds. The lowest BCUT2D eigenvalue weighted by Crippen LogP contribution is -2.10. The standard InChI is InChI=1S/C19H16N6O3/c1-13(18-21-17(23-28-18)15-8-5-9-20-10-15)27-19(26)16-12-25(24-22-16)11-14-6-3-2-4-7-14/h2-10,12-13H,11H2,1H3. The van der Waals surface area contributed by atoms with E-state index in [0.29, 0.717) is 17.9 Å². The number of carbonyl (C=O) groups excluding carboxylic acids is 1. The molecule has 140 valence electrons. The smallest absolute Gasteiger partial charge is 0.361 e. The summed E-state index contributed by atoms with van der Waals surface area (Å²) in [5.74, 6) is -0.0587. The van der Waals surface area contributed by atoms with Crippen molar-refractivity contribution in [2.24, 2.45) is 0 Å². The predicted octanol–water partition coefficient (Wildman–Crippen LogP) is 2.69. The van der Waals surface area contributed by atoms with Crippen LogP contribution in [0.4, 0.5) is 0 Å². The van der Waals surface area contributed by atoms with Crippen LogP contribution in [-0.2, 0) is 11.3 Å². The molecule has 4 aromatic rings. The van der Waals surface area contributed by atoms with E-state index in [-0.39, 0.29) is 11.6 Å². The van der Waals surface area contributed by atoms with Crippen molar-refractivity contribution in [3.05, 3.63) is 78.2 Å². The monoisotopic (exact) mass is 376 g/mol. The summed E-state index contributed by atoms with van der Waals surface area (Å²) in [5.41, 5.74) is 1.86. The first-order valence-electron chi connectivity index (χ1n) is 8.58. The molecule has 0 N–H and O–H groups in total. The zero-order valence-electron chi connectivity index (χ0n) is 15.0. The van der Waals surface area contributed by atoms with Crippen molar-refractivity contribution in [1.82, 2.24) is 30.1 Å². The summed E-state index contributed by atoms with van der Waals surface area (Å²) >= 11 is 0. The van der Waals surface area contributed by atoms with Crippen LogP contribution in [-0.4, -0.2) is 36.1 Å². The number of pyridine rings is 1. The minimum Gasteiger partial charge on any atom is -0.448 e. The third-order valence-electron chi connectivity index (χ3n) is 3.93. The molecule has 1 atom stereocenters. The van der Waals surface area contributed by atoms with Gasteiger partial charge in [-0.25, -0.2) is 9.48 Å². The minimum absolute atomic E-state index is 0.106. The van der Waals surface area contributed by atoms with Gasteiger partial charge < -0.3 is 9.26 Å². The molecule has 1 aromatic carbocycles. The van der Waals surface area contributed by atoms with Gasteiger partial charge in [0.05, 0.1) is 12.7 Å². The summed E-state index contributed by atoms with van der Waals surface area (Å²) in [5, 5.41) is 11.7. The van der Waals surface area contributed by atoms with Crippen molar-refractivity contribution >= 4 is 5.97 Å². The maximum Gasteiger partial charge on any atom is 0.361 e. The molecule has 0 saturated heterocycles. The van der Waals surface area contributed by atoms with E-state index in [2.05, 4.69) is 25.4 Å². The van der Waals surface area contributed by atoms with E-state index in [9.17, 15) is 4.79 Å². The minimum atomic E-state index is -0.732. The van der Waals surface area contributed by atoms with Crippen molar-refractivity contribution in [2.45, 2.75) is 19.6 Å². The Hall–Kier alpha value is -3.88. The van der Waals surface area contributed by atoms with Crippen molar-refractivity contribution in [3.8, 4) is 11.4 Å². The molecule has 28 heavy (non-hydrogen) atoms. The van der Waals surface area contributed by atoms with Gasteiger partial charge in [0.25, 0.3) is 5.89 Å². The van der Waals surface area contributed by atoms with Crippen LogP contribution in [0.5, 0.6) is 0 Å². The van der Waals surface area contributed by atoms with Crippen molar-refractivity contribution in [3.63, 3.8) is 0 Å². The Morgan fingerprint density at radius 1 is 1.21 bits per heavy atom. The average molecular weight is 376 g/mol. The third kappa shape index (κ3) is 3.93. The van der Waals surface area contributed by atoms with Crippen molar-refractivity contribution < 1.29 is 14.1 Å². The predicted molar refractivity (Wildman–Crippen MR) is 96.9 cm³/mol. The fraction of sp³-hybridized carbons (Fsp3) is 0.158. The molecule has 3 heterocycles. The molecule has 0 bridgehead atoms. The van der Waals surface area contributed by atoms with E-state index in [4.69, 9.17) is 9.26 Å². The maximum absolute atomic E-state index is 12.3. The number of hydrogen-bond donors (Lipinski definition) is 0. The Morgan fingerprint density at radius 3 is 2.86 bits per heavy atom. The number of benzene rings is 1. The second-order valence-corrected chi connectivity index (χ2v) is 6.03. The fourth-order valence-corrected chi connectivity index (χ4v) is 2.52. The number of nitrogens with zero attached hydrogens (tertiary/aromatic N) is 6. The number of rotatable bonds is 6. The Kier molecular flexibility index (Phi) is 4.87. The first-order chi connectivity index (χ1) is 13.7. The lowest BCUT2D eigenvalue weighted by atomic mass is 10.2. The van der Waals surface area contributed by atoms with Gasteiger partial charge >= 0.3 is 5.97 Å². The Bertz CT molecular complexity index is 1060. The number of aromatic nitrogens is 6. The van der Waals surface area contributed by atoms with E-state index in [0.717, 1.165) is 5.56 Å². The fourth-order valence-electron chi connectivity index (χ4n) is 2.52. The first-order valence-corrected chi connectivity index (χ1v) is 8.58. The maximum atomic E-state index is 12.3. The Balaban J connectivity index is 1.40. The van der Waals surface area contributed by atoms with Crippen LogP contribution in [0.1, 0.15) is 35.0 Å². The molecule has 4 rings (SSSR count). The quantitative estimate of drug-likeness (QED) is 0.473. The van der Waals surface area contributed by atoms with Crippen LogP contribution < -0.4 is 0 Å². The van der Waals surface area contributed by atoms with Crippen LogP contribution in [0.25, 0.3) is 11.4 Å². The van der Waals surface area contributed by atoms with Gasteiger partial charge in [0.15, 0.2) is 11.8 Å². The molecule has 0 aliphatic carbocycles. The average Bonchev–Trinajstić information content (AvgIpc) is 3.39. The molecule has 0 spiro atoms. The number of esters is 1. The van der Waals surface area contributed by atoms with Gasteiger partial charge in [-0.15, -0.1) is 5.10 Å². The molecule has 1 unspecified atom stereocenters. The molecule has 0 fully saturated rings. The zero-order valence-corrected chi connectivity index (χ0v) is 15.0. The van der Waals surface area contributed by atoms with Gasteiger partial charge in [0.2, 0.25) is 5.82 Å². The Morgan fingerprint density at radius 2 is 2.07 bits per heavy atom. The van der Waals surface area contributed by atoms with E-state index in [1.54, 1.807) is 30.1 Å². The van der Waals surface area contributed by atoms with Gasteiger partial charge in [-0.05, 0) is 24.6 Å². The van der Waals surface area contributed by atoms with Crippen molar-refractivity contribution in [1.29, 1.82) is 0 Å². The summed E-state index contributed by atoms with van der Waals surface area (Å²) < 4.78 is 12.1. The molecule has 9 heteroatoms. The third-order valence-corrected chi connectivity index (χ3v) is 3.93. The topological polar surface area (TPSA) is 109 Å². The number of carbonyl (C=O) groups is 1. The van der Waals surface area contributed by atoms with Crippen LogP contribution in [0.2, 0.25) is 0 Å². The summed E-state index contributed by atoms with van der Waals surface area (Å²) in [6.45, 7) is 2.15. The molecular weight excluding hydrogens is 360 g/mol. The zero-order chi connectivity index (χ0) is 19.3. The van der Waals surface area contributed by atoms with Gasteiger partial charge in [-0.2, -0.15) is 4.98 Å². The van der Waals surface area contributed by atoms with Crippen LogP contribution >= 0.6 is 0 Å².